The summed E-state index contributed by atoms with van der Waals surface area (Å²) in [6.45, 7) is 0. The lowest BCUT2D eigenvalue weighted by atomic mass is 10.3. The van der Waals surface area contributed by atoms with Gasteiger partial charge in [-0.25, -0.2) is 8.42 Å². The lowest BCUT2D eigenvalue weighted by molar-refractivity contribution is -0.384. The molecule has 0 fully saturated rings. The Morgan fingerprint density at radius 2 is 1.32 bits per heavy atom. The average Bonchev–Trinajstić information content (AvgIpc) is 2.69. The van der Waals surface area contributed by atoms with Gasteiger partial charge in [0, 0.05) is 17.8 Å². The summed E-state index contributed by atoms with van der Waals surface area (Å²) in [5.74, 6) is 1.42. The molecule has 3 aromatic carbocycles. The summed E-state index contributed by atoms with van der Waals surface area (Å²) in [5.41, 5.74) is 0.366. The summed E-state index contributed by atoms with van der Waals surface area (Å²) in [7, 11) is -2.23. The lowest BCUT2D eigenvalue weighted by Crippen LogP contribution is -2.12. The van der Waals surface area contributed by atoms with Crippen molar-refractivity contribution in [3.05, 3.63) is 82.9 Å². The molecule has 28 heavy (non-hydrogen) atoms. The van der Waals surface area contributed by atoms with Crippen LogP contribution in [0.4, 0.5) is 11.4 Å². The summed E-state index contributed by atoms with van der Waals surface area (Å²) in [4.78, 5) is 10.2. The van der Waals surface area contributed by atoms with Gasteiger partial charge in [0.05, 0.1) is 16.9 Å². The Morgan fingerprint density at radius 1 is 0.821 bits per heavy atom. The van der Waals surface area contributed by atoms with Crippen molar-refractivity contribution in [3.63, 3.8) is 0 Å². The third-order valence-corrected chi connectivity index (χ3v) is 5.16. The minimum atomic E-state index is -3.76. The molecule has 144 valence electrons. The molecule has 0 aliphatic heterocycles. The third-order valence-electron chi connectivity index (χ3n) is 3.76. The van der Waals surface area contributed by atoms with Crippen molar-refractivity contribution in [2.75, 3.05) is 11.8 Å². The number of rotatable bonds is 7. The van der Waals surface area contributed by atoms with E-state index in [4.69, 9.17) is 9.47 Å². The van der Waals surface area contributed by atoms with Crippen molar-refractivity contribution < 1.29 is 22.8 Å². The van der Waals surface area contributed by atoms with Crippen LogP contribution < -0.4 is 14.2 Å². The highest BCUT2D eigenvalue weighted by atomic mass is 32.2. The van der Waals surface area contributed by atoms with E-state index in [0.29, 0.717) is 22.9 Å². The fourth-order valence-corrected chi connectivity index (χ4v) is 3.39. The maximum Gasteiger partial charge on any atom is 0.269 e. The quantitative estimate of drug-likeness (QED) is 0.470. The molecule has 0 aliphatic rings. The number of anilines is 1. The van der Waals surface area contributed by atoms with Crippen LogP contribution in [0, 0.1) is 10.1 Å². The van der Waals surface area contributed by atoms with Gasteiger partial charge in [-0.2, -0.15) is 0 Å². The molecule has 0 saturated heterocycles. The number of benzene rings is 3. The second kappa shape index (κ2) is 7.97. The zero-order valence-electron chi connectivity index (χ0n) is 14.7. The molecule has 0 heterocycles. The molecule has 0 atom stereocenters. The summed E-state index contributed by atoms with van der Waals surface area (Å²) in [6, 6.07) is 17.9. The van der Waals surface area contributed by atoms with Gasteiger partial charge >= 0.3 is 0 Å². The Balaban J connectivity index is 1.70. The predicted molar refractivity (Wildman–Crippen MR) is 103 cm³/mol. The molecule has 0 spiro atoms. The van der Waals surface area contributed by atoms with Crippen molar-refractivity contribution in [2.24, 2.45) is 0 Å². The highest BCUT2D eigenvalue weighted by Crippen LogP contribution is 2.26. The highest BCUT2D eigenvalue weighted by molar-refractivity contribution is 7.92. The summed E-state index contributed by atoms with van der Waals surface area (Å²) in [6.07, 6.45) is 0. The van der Waals surface area contributed by atoms with Gasteiger partial charge in [0.25, 0.3) is 15.7 Å². The molecule has 0 aromatic heterocycles. The normalized spacial score (nSPS) is 10.9. The molecule has 0 aliphatic carbocycles. The van der Waals surface area contributed by atoms with E-state index in [1.54, 1.807) is 24.3 Å². The number of methoxy groups -OCH3 is 1. The number of nitro benzene ring substituents is 1. The Hall–Kier alpha value is -3.59. The van der Waals surface area contributed by atoms with Crippen LogP contribution in [0.3, 0.4) is 0 Å². The summed E-state index contributed by atoms with van der Waals surface area (Å²) < 4.78 is 38.1. The van der Waals surface area contributed by atoms with Crippen molar-refractivity contribution >= 4 is 21.4 Å². The maximum absolute atomic E-state index is 12.5. The first-order valence-corrected chi connectivity index (χ1v) is 9.55. The van der Waals surface area contributed by atoms with Gasteiger partial charge in [-0.3, -0.25) is 14.8 Å². The number of nitrogens with zero attached hydrogens (tertiary/aromatic N) is 1. The van der Waals surface area contributed by atoms with E-state index in [-0.39, 0.29) is 10.6 Å². The first-order chi connectivity index (χ1) is 13.4. The third kappa shape index (κ3) is 4.57. The molecule has 3 rings (SSSR count). The second-order valence-corrected chi connectivity index (χ2v) is 7.34. The molecule has 0 bridgehead atoms. The zero-order valence-corrected chi connectivity index (χ0v) is 15.5. The predicted octanol–water partition coefficient (Wildman–Crippen LogP) is 4.20. The summed E-state index contributed by atoms with van der Waals surface area (Å²) in [5, 5.41) is 10.7. The number of hydrogen-bond donors (Lipinski definition) is 1. The minimum absolute atomic E-state index is 0.0432. The van der Waals surface area contributed by atoms with Crippen LogP contribution >= 0.6 is 0 Å². The van der Waals surface area contributed by atoms with Crippen LogP contribution in [0.15, 0.2) is 77.7 Å². The van der Waals surface area contributed by atoms with E-state index in [0.717, 1.165) is 0 Å². The number of nitro groups is 1. The fourth-order valence-electron chi connectivity index (χ4n) is 2.33. The lowest BCUT2D eigenvalue weighted by Gasteiger charge is -2.10. The van der Waals surface area contributed by atoms with Gasteiger partial charge in [0.15, 0.2) is 0 Å². The van der Waals surface area contributed by atoms with Crippen LogP contribution in [0.5, 0.6) is 17.2 Å². The molecular weight excluding hydrogens is 384 g/mol. The van der Waals surface area contributed by atoms with Crippen LogP contribution in [-0.4, -0.2) is 20.5 Å². The number of sulfonamides is 1. The van der Waals surface area contributed by atoms with E-state index in [9.17, 15) is 18.5 Å². The Kier molecular flexibility index (Phi) is 5.46. The standard InChI is InChI=1S/C19H16N2O6S/c1-26-16-6-2-14(3-7-16)20-28(24,25)19-12-10-18(11-13-19)27-17-8-4-15(5-9-17)21(22)23/h2-13,20H,1H3. The zero-order chi connectivity index (χ0) is 20.1. The van der Waals surface area contributed by atoms with Crippen molar-refractivity contribution in [1.82, 2.24) is 0 Å². The average molecular weight is 400 g/mol. The van der Waals surface area contributed by atoms with Crippen LogP contribution in [0.1, 0.15) is 0 Å². The van der Waals surface area contributed by atoms with Gasteiger partial charge < -0.3 is 9.47 Å². The smallest absolute Gasteiger partial charge is 0.269 e. The number of nitrogens with one attached hydrogen (secondary N) is 1. The molecule has 3 aromatic rings. The van der Waals surface area contributed by atoms with Crippen molar-refractivity contribution in [1.29, 1.82) is 0 Å². The molecule has 0 radical (unpaired) electrons. The van der Waals surface area contributed by atoms with Crippen LogP contribution in [-0.2, 0) is 10.0 Å². The molecule has 8 nitrogen and oxygen atoms in total. The Bertz CT molecular complexity index is 1060. The van der Waals surface area contributed by atoms with Gasteiger partial charge in [0.2, 0.25) is 0 Å². The van der Waals surface area contributed by atoms with E-state index in [1.165, 1.54) is 55.6 Å². The molecule has 0 saturated carbocycles. The number of hydrogen-bond acceptors (Lipinski definition) is 6. The van der Waals surface area contributed by atoms with Gasteiger partial charge in [-0.05, 0) is 60.7 Å². The first kappa shape index (κ1) is 19.2. The van der Waals surface area contributed by atoms with E-state index >= 15 is 0 Å². The van der Waals surface area contributed by atoms with E-state index in [2.05, 4.69) is 4.72 Å². The number of ether oxygens (including phenoxy) is 2. The van der Waals surface area contributed by atoms with E-state index < -0.39 is 14.9 Å². The van der Waals surface area contributed by atoms with Gasteiger partial charge in [-0.1, -0.05) is 0 Å². The Labute approximate surface area is 161 Å². The molecular formula is C19H16N2O6S. The van der Waals surface area contributed by atoms with E-state index in [1.807, 2.05) is 0 Å². The first-order valence-electron chi connectivity index (χ1n) is 8.07. The fraction of sp³-hybridized carbons (Fsp3) is 0.0526. The monoisotopic (exact) mass is 400 g/mol. The molecule has 1 N–H and O–H groups in total. The molecule has 0 unspecified atom stereocenters. The summed E-state index contributed by atoms with van der Waals surface area (Å²) >= 11 is 0. The largest absolute Gasteiger partial charge is 0.497 e. The highest BCUT2D eigenvalue weighted by Gasteiger charge is 2.14. The van der Waals surface area contributed by atoms with Crippen LogP contribution in [0.2, 0.25) is 0 Å². The van der Waals surface area contributed by atoms with Crippen LogP contribution in [0.25, 0.3) is 0 Å². The second-order valence-electron chi connectivity index (χ2n) is 5.66. The van der Waals surface area contributed by atoms with Crippen molar-refractivity contribution in [3.8, 4) is 17.2 Å². The van der Waals surface area contributed by atoms with Gasteiger partial charge in [0.1, 0.15) is 17.2 Å². The molecule has 9 heteroatoms. The van der Waals surface area contributed by atoms with Crippen molar-refractivity contribution in [2.45, 2.75) is 4.90 Å². The number of non-ortho nitro benzene ring substituents is 1. The Morgan fingerprint density at radius 3 is 1.82 bits per heavy atom. The SMILES string of the molecule is COc1ccc(NS(=O)(=O)c2ccc(Oc3ccc([N+](=O)[O-])cc3)cc2)cc1. The topological polar surface area (TPSA) is 108 Å². The molecule has 0 amide bonds. The maximum atomic E-state index is 12.5. The minimum Gasteiger partial charge on any atom is -0.497 e. The van der Waals surface area contributed by atoms with Gasteiger partial charge in [-0.15, -0.1) is 0 Å².